The first kappa shape index (κ1) is 16.1. The van der Waals surface area contributed by atoms with E-state index >= 15 is 0 Å². The van der Waals surface area contributed by atoms with Crippen LogP contribution < -0.4 is 5.43 Å². The summed E-state index contributed by atoms with van der Waals surface area (Å²) in [5.41, 5.74) is 3.10. The van der Waals surface area contributed by atoms with Crippen molar-refractivity contribution < 1.29 is 14.1 Å². The molecule has 0 saturated carbocycles. The first-order valence-corrected chi connectivity index (χ1v) is 7.22. The Morgan fingerprint density at radius 1 is 1.16 bits per heavy atom. The van der Waals surface area contributed by atoms with Crippen LogP contribution in [0, 0.1) is 10.1 Å². The Balaban J connectivity index is 1.72. The zero-order valence-corrected chi connectivity index (χ0v) is 12.8. The van der Waals surface area contributed by atoms with Crippen LogP contribution in [0.2, 0.25) is 0 Å². The second kappa shape index (κ2) is 7.18. The summed E-state index contributed by atoms with van der Waals surface area (Å²) in [5.74, 6) is 0.307. The lowest BCUT2D eigenvalue weighted by Crippen LogP contribution is -2.17. The third-order valence-corrected chi connectivity index (χ3v) is 3.29. The Kier molecular flexibility index (Phi) is 4.61. The molecule has 3 rings (SSSR count). The molecule has 2 heterocycles. The van der Waals surface area contributed by atoms with E-state index in [0.717, 1.165) is 0 Å². The smallest absolute Gasteiger partial charge is 0.280 e. The number of nitrogens with zero attached hydrogens (tertiary/aromatic N) is 3. The Morgan fingerprint density at radius 2 is 1.92 bits per heavy atom. The number of carbonyl (C=O) groups excluding carboxylic acids is 1. The van der Waals surface area contributed by atoms with Crippen LogP contribution in [0.1, 0.15) is 16.1 Å². The molecule has 1 amide bonds. The van der Waals surface area contributed by atoms with Gasteiger partial charge in [0.25, 0.3) is 11.6 Å². The number of amides is 1. The van der Waals surface area contributed by atoms with Crippen LogP contribution in [0.25, 0.3) is 11.3 Å². The molecule has 0 unspecified atom stereocenters. The number of rotatable bonds is 5. The number of aromatic nitrogens is 1. The van der Waals surface area contributed by atoms with Gasteiger partial charge in [0.2, 0.25) is 0 Å². The van der Waals surface area contributed by atoms with Gasteiger partial charge in [-0.2, -0.15) is 5.10 Å². The quantitative estimate of drug-likeness (QED) is 0.437. The van der Waals surface area contributed by atoms with E-state index in [0.29, 0.717) is 22.6 Å². The Labute approximate surface area is 142 Å². The fourth-order valence-corrected chi connectivity index (χ4v) is 2.13. The van der Waals surface area contributed by atoms with Crippen LogP contribution in [-0.2, 0) is 0 Å². The van der Waals surface area contributed by atoms with E-state index < -0.39 is 4.92 Å². The standard InChI is InChI=1S/C17H12N4O4/c22-17(12-7-9-18-10-8-12)20-19-11-13-5-6-16(25-13)14-3-1-2-4-15(14)21(23)24/h1-11H,(H,20,22). The average molecular weight is 336 g/mol. The third-order valence-electron chi connectivity index (χ3n) is 3.29. The monoisotopic (exact) mass is 336 g/mol. The highest BCUT2D eigenvalue weighted by Crippen LogP contribution is 2.30. The number of pyridine rings is 1. The lowest BCUT2D eigenvalue weighted by atomic mass is 10.1. The predicted octanol–water partition coefficient (Wildman–Crippen LogP) is 3.01. The van der Waals surface area contributed by atoms with Gasteiger partial charge in [0.05, 0.1) is 16.7 Å². The number of hydrazone groups is 1. The molecule has 1 aromatic carbocycles. The van der Waals surface area contributed by atoms with Gasteiger partial charge in [-0.25, -0.2) is 5.43 Å². The summed E-state index contributed by atoms with van der Waals surface area (Å²) in [7, 11) is 0. The van der Waals surface area contributed by atoms with Gasteiger partial charge in [-0.15, -0.1) is 0 Å². The molecule has 124 valence electrons. The fraction of sp³-hybridized carbons (Fsp3) is 0. The number of carbonyl (C=O) groups is 1. The molecule has 0 bridgehead atoms. The SMILES string of the molecule is O=C(NN=Cc1ccc(-c2ccccc2[N+](=O)[O-])o1)c1ccncc1. The minimum absolute atomic E-state index is 0.0497. The van der Waals surface area contributed by atoms with Gasteiger partial charge >= 0.3 is 0 Å². The molecule has 2 aromatic heterocycles. The van der Waals surface area contributed by atoms with Gasteiger partial charge in [0, 0.05) is 24.0 Å². The van der Waals surface area contributed by atoms with Crippen LogP contribution >= 0.6 is 0 Å². The number of hydrogen-bond acceptors (Lipinski definition) is 6. The van der Waals surface area contributed by atoms with Crippen LogP contribution in [0.15, 0.2) is 70.4 Å². The van der Waals surface area contributed by atoms with Crippen molar-refractivity contribution in [3.8, 4) is 11.3 Å². The third kappa shape index (κ3) is 3.75. The molecule has 0 saturated heterocycles. The zero-order valence-electron chi connectivity index (χ0n) is 12.8. The minimum Gasteiger partial charge on any atom is -0.455 e. The number of nitro groups is 1. The van der Waals surface area contributed by atoms with Gasteiger partial charge in [0.15, 0.2) is 0 Å². The maximum Gasteiger partial charge on any atom is 0.280 e. The fourth-order valence-electron chi connectivity index (χ4n) is 2.13. The van der Waals surface area contributed by atoms with Gasteiger partial charge in [-0.3, -0.25) is 19.9 Å². The molecule has 8 nitrogen and oxygen atoms in total. The van der Waals surface area contributed by atoms with Crippen LogP contribution in [0.5, 0.6) is 0 Å². The molecule has 0 radical (unpaired) electrons. The van der Waals surface area contributed by atoms with E-state index in [1.165, 1.54) is 24.7 Å². The summed E-state index contributed by atoms with van der Waals surface area (Å²) >= 11 is 0. The molecule has 8 heteroatoms. The molecular formula is C17H12N4O4. The zero-order chi connectivity index (χ0) is 17.6. The van der Waals surface area contributed by atoms with Crippen molar-refractivity contribution in [1.29, 1.82) is 0 Å². The molecule has 3 aromatic rings. The molecule has 0 aliphatic carbocycles. The first-order chi connectivity index (χ1) is 12.1. The number of furan rings is 1. The number of benzene rings is 1. The predicted molar refractivity (Wildman–Crippen MR) is 90.1 cm³/mol. The van der Waals surface area contributed by atoms with Gasteiger partial charge in [-0.05, 0) is 30.3 Å². The van der Waals surface area contributed by atoms with Gasteiger partial charge < -0.3 is 4.42 Å². The molecule has 25 heavy (non-hydrogen) atoms. The normalized spacial score (nSPS) is 10.7. The largest absolute Gasteiger partial charge is 0.455 e. The highest BCUT2D eigenvalue weighted by atomic mass is 16.6. The highest BCUT2D eigenvalue weighted by molar-refractivity contribution is 5.94. The number of hydrogen-bond donors (Lipinski definition) is 1. The molecule has 0 spiro atoms. The maximum atomic E-state index is 11.8. The summed E-state index contributed by atoms with van der Waals surface area (Å²) in [6.45, 7) is 0. The number of para-hydroxylation sites is 1. The van der Waals surface area contributed by atoms with Crippen LogP contribution in [0.4, 0.5) is 5.69 Å². The van der Waals surface area contributed by atoms with Gasteiger partial charge in [0.1, 0.15) is 11.5 Å². The van der Waals surface area contributed by atoms with E-state index in [1.54, 1.807) is 42.5 Å². The van der Waals surface area contributed by atoms with Crippen molar-refractivity contribution in [2.45, 2.75) is 0 Å². The van der Waals surface area contributed by atoms with E-state index in [4.69, 9.17) is 4.42 Å². The Hall–Kier alpha value is -3.81. The second-order valence-electron chi connectivity index (χ2n) is 4.91. The highest BCUT2D eigenvalue weighted by Gasteiger charge is 2.16. The van der Waals surface area contributed by atoms with Crippen molar-refractivity contribution in [3.05, 3.63) is 82.4 Å². The summed E-state index contributed by atoms with van der Waals surface area (Å²) in [4.78, 5) is 26.2. The molecule has 1 N–H and O–H groups in total. The molecule has 0 fully saturated rings. The molecule has 0 aliphatic rings. The molecule has 0 aliphatic heterocycles. The van der Waals surface area contributed by atoms with Crippen molar-refractivity contribution in [3.63, 3.8) is 0 Å². The summed E-state index contributed by atoms with van der Waals surface area (Å²) in [6, 6.07) is 12.6. The minimum atomic E-state index is -0.472. The Bertz CT molecular complexity index is 935. The van der Waals surface area contributed by atoms with Crippen molar-refractivity contribution in [2.75, 3.05) is 0 Å². The average Bonchev–Trinajstić information content (AvgIpc) is 3.11. The maximum absolute atomic E-state index is 11.8. The summed E-state index contributed by atoms with van der Waals surface area (Å²) < 4.78 is 5.53. The van der Waals surface area contributed by atoms with Gasteiger partial charge in [-0.1, -0.05) is 12.1 Å². The summed E-state index contributed by atoms with van der Waals surface area (Å²) in [6.07, 6.45) is 4.33. The second-order valence-corrected chi connectivity index (χ2v) is 4.91. The number of nitro benzene ring substituents is 1. The topological polar surface area (TPSA) is 111 Å². The van der Waals surface area contributed by atoms with E-state index in [1.807, 2.05) is 0 Å². The van der Waals surface area contributed by atoms with Crippen molar-refractivity contribution in [1.82, 2.24) is 10.4 Å². The summed E-state index contributed by atoms with van der Waals surface area (Å²) in [5, 5.41) is 14.9. The Morgan fingerprint density at radius 3 is 2.68 bits per heavy atom. The lowest BCUT2D eigenvalue weighted by molar-refractivity contribution is -0.384. The van der Waals surface area contributed by atoms with Crippen LogP contribution in [0.3, 0.4) is 0 Å². The number of nitrogens with one attached hydrogen (secondary N) is 1. The van der Waals surface area contributed by atoms with E-state index in [-0.39, 0.29) is 11.6 Å². The van der Waals surface area contributed by atoms with E-state index in [9.17, 15) is 14.9 Å². The van der Waals surface area contributed by atoms with E-state index in [2.05, 4.69) is 15.5 Å². The molecular weight excluding hydrogens is 324 g/mol. The first-order valence-electron chi connectivity index (χ1n) is 7.22. The van der Waals surface area contributed by atoms with Crippen LogP contribution in [-0.4, -0.2) is 22.0 Å². The molecule has 0 atom stereocenters. The van der Waals surface area contributed by atoms with Crippen molar-refractivity contribution >= 4 is 17.8 Å². The van der Waals surface area contributed by atoms with Crippen molar-refractivity contribution in [2.24, 2.45) is 5.10 Å². The lowest BCUT2D eigenvalue weighted by Gasteiger charge is -1.99.